The highest BCUT2D eigenvalue weighted by Gasteiger charge is 2.30. The molecule has 1 aliphatic rings. The smallest absolute Gasteiger partial charge is 0.376 e. The fraction of sp³-hybridized carbons (Fsp3) is 0.444. The molecule has 26 heavy (non-hydrogen) atoms. The van der Waals surface area contributed by atoms with E-state index >= 15 is 0 Å². The Hall–Kier alpha value is -2.35. The summed E-state index contributed by atoms with van der Waals surface area (Å²) in [4.78, 5) is 3.72. The number of hydrogen-bond donors (Lipinski definition) is 1. The monoisotopic (exact) mass is 366 g/mol. The van der Waals surface area contributed by atoms with Gasteiger partial charge < -0.3 is 9.30 Å². The van der Waals surface area contributed by atoms with E-state index in [0.29, 0.717) is 0 Å². The highest BCUT2D eigenvalue weighted by atomic mass is 19.4. The molecule has 0 aliphatic carbocycles. The van der Waals surface area contributed by atoms with E-state index in [9.17, 15) is 13.2 Å². The van der Waals surface area contributed by atoms with Crippen LogP contribution in [0.1, 0.15) is 35.4 Å². The van der Waals surface area contributed by atoms with Crippen LogP contribution in [0.3, 0.4) is 0 Å². The maximum Gasteiger partial charge on any atom is 0.417 e. The highest BCUT2D eigenvalue weighted by Crippen LogP contribution is 2.28. The average Bonchev–Trinajstić information content (AvgIpc) is 3.19. The van der Waals surface area contributed by atoms with Crippen molar-refractivity contribution in [2.24, 2.45) is 5.10 Å². The second kappa shape index (κ2) is 7.49. The summed E-state index contributed by atoms with van der Waals surface area (Å²) in [7, 11) is 0. The third-order valence-corrected chi connectivity index (χ3v) is 4.50. The number of aromatic nitrogens is 2. The lowest BCUT2D eigenvalue weighted by molar-refractivity contribution is -0.137. The topological polar surface area (TPSA) is 51.4 Å². The first kappa shape index (κ1) is 18.4. The summed E-state index contributed by atoms with van der Waals surface area (Å²) in [5, 5.41) is 4.09. The maximum atomic E-state index is 12.5. The van der Waals surface area contributed by atoms with Crippen LogP contribution in [0, 0.1) is 13.8 Å². The SMILES string of the molecule is Cc1cc(/C=N\Nc2ccc(C(F)(F)F)cn2)c(C)n1C[C@@H]1CCCO1. The molecule has 1 aliphatic heterocycles. The summed E-state index contributed by atoms with van der Waals surface area (Å²) in [6, 6.07) is 4.24. The number of hydrazone groups is 1. The van der Waals surface area contributed by atoms with Crippen LogP contribution in [0.5, 0.6) is 0 Å². The number of anilines is 1. The maximum absolute atomic E-state index is 12.5. The molecule has 0 bridgehead atoms. The van der Waals surface area contributed by atoms with Crippen molar-refractivity contribution in [1.29, 1.82) is 0 Å². The fourth-order valence-electron chi connectivity index (χ4n) is 3.03. The molecule has 8 heteroatoms. The number of ether oxygens (including phenoxy) is 1. The molecule has 1 N–H and O–H groups in total. The van der Waals surface area contributed by atoms with Crippen LogP contribution in [-0.4, -0.2) is 28.5 Å². The lowest BCUT2D eigenvalue weighted by Gasteiger charge is -2.14. The number of rotatable bonds is 5. The van der Waals surface area contributed by atoms with Crippen LogP contribution in [0.25, 0.3) is 0 Å². The Labute approximate surface area is 149 Å². The lowest BCUT2D eigenvalue weighted by Crippen LogP contribution is -2.16. The van der Waals surface area contributed by atoms with Crippen molar-refractivity contribution in [1.82, 2.24) is 9.55 Å². The van der Waals surface area contributed by atoms with Crippen molar-refractivity contribution in [3.63, 3.8) is 0 Å². The number of nitrogens with zero attached hydrogens (tertiary/aromatic N) is 3. The molecule has 5 nitrogen and oxygen atoms in total. The summed E-state index contributed by atoms with van der Waals surface area (Å²) in [6.45, 7) is 5.69. The molecule has 0 spiro atoms. The molecule has 2 aromatic rings. The lowest BCUT2D eigenvalue weighted by atomic mass is 10.2. The molecule has 1 saturated heterocycles. The van der Waals surface area contributed by atoms with Gasteiger partial charge in [-0.05, 0) is 44.9 Å². The van der Waals surface area contributed by atoms with E-state index in [1.54, 1.807) is 6.21 Å². The second-order valence-corrected chi connectivity index (χ2v) is 6.37. The highest BCUT2D eigenvalue weighted by molar-refractivity contribution is 5.82. The quantitative estimate of drug-likeness (QED) is 0.639. The van der Waals surface area contributed by atoms with Gasteiger partial charge in [0.15, 0.2) is 0 Å². The Bertz CT molecular complexity index is 775. The summed E-state index contributed by atoms with van der Waals surface area (Å²) in [5.74, 6) is 0.252. The van der Waals surface area contributed by atoms with Gasteiger partial charge in [-0.3, -0.25) is 5.43 Å². The zero-order valence-corrected chi connectivity index (χ0v) is 14.7. The molecule has 3 rings (SSSR count). The molecule has 140 valence electrons. The molecule has 0 saturated carbocycles. The number of pyridine rings is 1. The van der Waals surface area contributed by atoms with Gasteiger partial charge in [-0.1, -0.05) is 0 Å². The number of alkyl halides is 3. The summed E-state index contributed by atoms with van der Waals surface area (Å²) in [5.41, 5.74) is 5.01. The van der Waals surface area contributed by atoms with Gasteiger partial charge in [0.25, 0.3) is 0 Å². The van der Waals surface area contributed by atoms with Gasteiger partial charge in [-0.25, -0.2) is 4.98 Å². The van der Waals surface area contributed by atoms with E-state index in [0.717, 1.165) is 55.2 Å². The van der Waals surface area contributed by atoms with E-state index in [2.05, 4.69) is 20.1 Å². The van der Waals surface area contributed by atoms with Crippen molar-refractivity contribution in [3.05, 3.63) is 46.9 Å². The van der Waals surface area contributed by atoms with Crippen molar-refractivity contribution in [2.75, 3.05) is 12.0 Å². The van der Waals surface area contributed by atoms with E-state index < -0.39 is 11.7 Å². The summed E-state index contributed by atoms with van der Waals surface area (Å²) >= 11 is 0. The molecule has 0 aromatic carbocycles. The molecule has 0 radical (unpaired) electrons. The van der Waals surface area contributed by atoms with Gasteiger partial charge in [0.1, 0.15) is 5.82 Å². The van der Waals surface area contributed by atoms with E-state index in [4.69, 9.17) is 4.74 Å². The first-order valence-electron chi connectivity index (χ1n) is 8.45. The Morgan fingerprint density at radius 2 is 2.19 bits per heavy atom. The van der Waals surface area contributed by atoms with Crippen molar-refractivity contribution < 1.29 is 17.9 Å². The number of hydrogen-bond acceptors (Lipinski definition) is 4. The Kier molecular flexibility index (Phi) is 5.31. The Morgan fingerprint density at radius 3 is 2.81 bits per heavy atom. The molecular formula is C18H21F3N4O. The van der Waals surface area contributed by atoms with Crippen LogP contribution in [-0.2, 0) is 17.5 Å². The summed E-state index contributed by atoms with van der Waals surface area (Å²) < 4.78 is 45.5. The van der Waals surface area contributed by atoms with E-state index in [1.807, 2.05) is 19.9 Å². The fourth-order valence-corrected chi connectivity index (χ4v) is 3.03. The second-order valence-electron chi connectivity index (χ2n) is 6.37. The minimum absolute atomic E-state index is 0.249. The largest absolute Gasteiger partial charge is 0.417 e. The van der Waals surface area contributed by atoms with Crippen molar-refractivity contribution in [2.45, 2.75) is 45.5 Å². The van der Waals surface area contributed by atoms with Gasteiger partial charge in [0.2, 0.25) is 0 Å². The molecular weight excluding hydrogens is 345 g/mol. The van der Waals surface area contributed by atoms with Crippen LogP contribution in [0.15, 0.2) is 29.5 Å². The number of nitrogens with one attached hydrogen (secondary N) is 1. The first-order valence-corrected chi connectivity index (χ1v) is 8.45. The third-order valence-electron chi connectivity index (χ3n) is 4.50. The van der Waals surface area contributed by atoms with Crippen LogP contribution in [0.4, 0.5) is 19.0 Å². The van der Waals surface area contributed by atoms with Crippen LogP contribution in [0.2, 0.25) is 0 Å². The number of halogens is 3. The standard InChI is InChI=1S/C18H21F3N4O/c1-12-8-14(13(2)25(12)11-16-4-3-7-26-16)9-23-24-17-6-5-15(10-22-17)18(19,20)21/h5-6,8-10,16H,3-4,7,11H2,1-2H3,(H,22,24)/b23-9-/t16-/m0/s1. The average molecular weight is 366 g/mol. The van der Waals surface area contributed by atoms with Gasteiger partial charge in [0.05, 0.1) is 17.9 Å². The normalized spacial score (nSPS) is 18.0. The predicted molar refractivity (Wildman–Crippen MR) is 93.3 cm³/mol. The van der Waals surface area contributed by atoms with Gasteiger partial charge in [-0.15, -0.1) is 0 Å². The molecule has 0 unspecified atom stereocenters. The van der Waals surface area contributed by atoms with E-state index in [1.165, 1.54) is 6.07 Å². The van der Waals surface area contributed by atoms with Crippen molar-refractivity contribution >= 4 is 12.0 Å². The molecule has 1 atom stereocenters. The first-order chi connectivity index (χ1) is 12.3. The van der Waals surface area contributed by atoms with Gasteiger partial charge >= 0.3 is 6.18 Å². The van der Waals surface area contributed by atoms with Crippen LogP contribution >= 0.6 is 0 Å². The Balaban J connectivity index is 1.65. The van der Waals surface area contributed by atoms with Gasteiger partial charge in [-0.2, -0.15) is 18.3 Å². The molecule has 3 heterocycles. The molecule has 0 amide bonds. The van der Waals surface area contributed by atoms with E-state index in [-0.39, 0.29) is 11.9 Å². The summed E-state index contributed by atoms with van der Waals surface area (Å²) in [6.07, 6.45) is 0.456. The predicted octanol–water partition coefficient (Wildman–Crippen LogP) is 4.14. The molecule has 1 fully saturated rings. The number of aryl methyl sites for hydroxylation is 1. The zero-order valence-electron chi connectivity index (χ0n) is 14.7. The van der Waals surface area contributed by atoms with Crippen LogP contribution < -0.4 is 5.43 Å². The zero-order chi connectivity index (χ0) is 18.7. The van der Waals surface area contributed by atoms with Gasteiger partial charge in [0, 0.05) is 36.3 Å². The van der Waals surface area contributed by atoms with Crippen molar-refractivity contribution in [3.8, 4) is 0 Å². The minimum atomic E-state index is -4.39. The third kappa shape index (κ3) is 4.24. The Morgan fingerprint density at radius 1 is 1.38 bits per heavy atom. The molecule has 2 aromatic heterocycles. The minimum Gasteiger partial charge on any atom is -0.376 e.